The Kier molecular flexibility index (Phi) is 9.00. The molecular weight excluding hydrogens is 647 g/mol. The number of hydrogen-bond acceptors (Lipinski definition) is 7. The van der Waals surface area contributed by atoms with Gasteiger partial charge in [0.05, 0.1) is 55.0 Å². The number of nitrogens with zero attached hydrogens (tertiary/aromatic N) is 5. The van der Waals surface area contributed by atoms with E-state index in [2.05, 4.69) is 64.4 Å². The van der Waals surface area contributed by atoms with Gasteiger partial charge in [-0.15, -0.1) is 0 Å². The SMILES string of the molecule is O=C(c1cc(-c2ccccc2)nc2ccccc12)N1N=C2/C(=C/c3ccc(N4CCOCC4)cc3)CCC[C@H]2[C@H]1c1ccc(N2CCOCC2)cc1. The van der Waals surface area contributed by atoms with E-state index in [0.29, 0.717) is 5.56 Å². The first kappa shape index (κ1) is 32.6. The van der Waals surface area contributed by atoms with Crippen molar-refractivity contribution in [1.29, 1.82) is 0 Å². The average Bonchev–Trinajstić information content (AvgIpc) is 3.62. The van der Waals surface area contributed by atoms with Crippen LogP contribution in [-0.4, -0.2) is 74.2 Å². The second-order valence-corrected chi connectivity index (χ2v) is 14.1. The second-order valence-electron chi connectivity index (χ2n) is 14.1. The minimum Gasteiger partial charge on any atom is -0.378 e. The number of pyridine rings is 1. The molecule has 2 saturated heterocycles. The van der Waals surface area contributed by atoms with Crippen molar-refractivity contribution in [3.8, 4) is 11.3 Å². The van der Waals surface area contributed by atoms with Crippen LogP contribution in [0.5, 0.6) is 0 Å². The first-order chi connectivity index (χ1) is 25.7. The van der Waals surface area contributed by atoms with Crippen molar-refractivity contribution in [2.45, 2.75) is 25.3 Å². The quantitative estimate of drug-likeness (QED) is 0.180. The number of para-hydroxylation sites is 1. The Balaban J connectivity index is 1.11. The van der Waals surface area contributed by atoms with Crippen LogP contribution < -0.4 is 9.80 Å². The molecule has 0 unspecified atom stereocenters. The molecular formula is C44H43N5O3. The van der Waals surface area contributed by atoms with Gasteiger partial charge in [0.15, 0.2) is 0 Å². The van der Waals surface area contributed by atoms with Crippen LogP contribution in [0.2, 0.25) is 0 Å². The lowest BCUT2D eigenvalue weighted by Crippen LogP contribution is -2.36. The third kappa shape index (κ3) is 6.37. The Hall–Kier alpha value is -5.31. The van der Waals surface area contributed by atoms with Crippen molar-refractivity contribution < 1.29 is 14.3 Å². The number of hydrazone groups is 1. The number of carbonyl (C=O) groups is 1. The molecule has 0 N–H and O–H groups in total. The number of carbonyl (C=O) groups excluding carboxylic acids is 1. The maximum absolute atomic E-state index is 15.1. The number of allylic oxidation sites excluding steroid dienone is 1. The lowest BCUT2D eigenvalue weighted by molar-refractivity contribution is 0.0683. The molecule has 3 fully saturated rings. The number of ether oxygens (including phenoxy) is 2. The highest BCUT2D eigenvalue weighted by Gasteiger charge is 2.44. The summed E-state index contributed by atoms with van der Waals surface area (Å²) in [6.07, 6.45) is 5.23. The number of amides is 1. The summed E-state index contributed by atoms with van der Waals surface area (Å²) in [5.41, 5.74) is 10.1. The maximum Gasteiger partial charge on any atom is 0.275 e. The van der Waals surface area contributed by atoms with Gasteiger partial charge in [0.1, 0.15) is 0 Å². The fraction of sp³-hybridized carbons (Fsp3) is 0.295. The zero-order valence-corrected chi connectivity index (χ0v) is 29.4. The molecule has 1 aliphatic carbocycles. The van der Waals surface area contributed by atoms with Crippen molar-refractivity contribution in [1.82, 2.24) is 9.99 Å². The Labute approximate surface area is 305 Å². The fourth-order valence-electron chi connectivity index (χ4n) is 8.24. The normalized spacial score (nSPS) is 21.3. The largest absolute Gasteiger partial charge is 0.378 e. The van der Waals surface area contributed by atoms with Crippen molar-refractivity contribution in [2.24, 2.45) is 11.0 Å². The Morgan fingerprint density at radius 2 is 1.37 bits per heavy atom. The Morgan fingerprint density at radius 1 is 0.731 bits per heavy atom. The highest BCUT2D eigenvalue weighted by atomic mass is 16.5. The molecule has 0 radical (unpaired) electrons. The molecule has 0 spiro atoms. The smallest absolute Gasteiger partial charge is 0.275 e. The van der Waals surface area contributed by atoms with Crippen LogP contribution in [0.4, 0.5) is 11.4 Å². The van der Waals surface area contributed by atoms with E-state index in [1.54, 1.807) is 5.01 Å². The predicted molar refractivity (Wildman–Crippen MR) is 208 cm³/mol. The number of morpholine rings is 2. The van der Waals surface area contributed by atoms with Gasteiger partial charge in [-0.05, 0) is 78.4 Å². The summed E-state index contributed by atoms with van der Waals surface area (Å²) < 4.78 is 11.2. The molecule has 1 aromatic heterocycles. The van der Waals surface area contributed by atoms with Crippen LogP contribution in [0.3, 0.4) is 0 Å². The summed E-state index contributed by atoms with van der Waals surface area (Å²) >= 11 is 0. The summed E-state index contributed by atoms with van der Waals surface area (Å²) in [4.78, 5) is 24.8. The van der Waals surface area contributed by atoms with E-state index in [-0.39, 0.29) is 17.9 Å². The van der Waals surface area contributed by atoms with Gasteiger partial charge in [-0.2, -0.15) is 5.10 Å². The van der Waals surface area contributed by atoms with Crippen LogP contribution in [0.1, 0.15) is 46.8 Å². The summed E-state index contributed by atoms with van der Waals surface area (Å²) in [6.45, 7) is 6.59. The van der Waals surface area contributed by atoms with E-state index in [0.717, 1.165) is 111 Å². The van der Waals surface area contributed by atoms with Gasteiger partial charge in [0.2, 0.25) is 0 Å². The third-order valence-corrected chi connectivity index (χ3v) is 10.9. The monoisotopic (exact) mass is 689 g/mol. The molecule has 1 amide bonds. The highest BCUT2D eigenvalue weighted by Crippen LogP contribution is 2.46. The van der Waals surface area contributed by atoms with Crippen molar-refractivity contribution in [3.63, 3.8) is 0 Å². The van der Waals surface area contributed by atoms with Crippen LogP contribution in [-0.2, 0) is 9.47 Å². The maximum atomic E-state index is 15.1. The van der Waals surface area contributed by atoms with E-state index < -0.39 is 0 Å². The summed E-state index contributed by atoms with van der Waals surface area (Å²) in [6, 6.07) is 37.4. The van der Waals surface area contributed by atoms with Gasteiger partial charge in [-0.25, -0.2) is 9.99 Å². The second kappa shape index (κ2) is 14.4. The average molecular weight is 690 g/mol. The summed E-state index contributed by atoms with van der Waals surface area (Å²) in [5, 5.41) is 7.92. The topological polar surface area (TPSA) is 70.5 Å². The Bertz CT molecular complexity index is 2120. The van der Waals surface area contributed by atoms with Crippen LogP contribution in [0.25, 0.3) is 28.2 Å². The Morgan fingerprint density at radius 3 is 2.06 bits per heavy atom. The summed E-state index contributed by atoms with van der Waals surface area (Å²) in [7, 11) is 0. The molecule has 0 bridgehead atoms. The number of hydrogen-bond donors (Lipinski definition) is 0. The van der Waals surface area contributed by atoms with Gasteiger partial charge >= 0.3 is 0 Å². The molecule has 4 aliphatic rings. The number of benzene rings is 4. The van der Waals surface area contributed by atoms with Crippen LogP contribution >= 0.6 is 0 Å². The van der Waals surface area contributed by atoms with Crippen molar-refractivity contribution in [3.05, 3.63) is 131 Å². The zero-order chi connectivity index (χ0) is 34.9. The minimum atomic E-state index is -0.222. The van der Waals surface area contributed by atoms with Gasteiger partial charge < -0.3 is 19.3 Å². The molecule has 1 saturated carbocycles. The summed E-state index contributed by atoms with van der Waals surface area (Å²) in [5.74, 6) is -0.0124. The molecule has 52 heavy (non-hydrogen) atoms. The number of anilines is 2. The fourth-order valence-corrected chi connectivity index (χ4v) is 8.24. The lowest BCUT2D eigenvalue weighted by Gasteiger charge is -2.31. The van der Waals surface area contributed by atoms with E-state index in [4.69, 9.17) is 19.6 Å². The molecule has 2 atom stereocenters. The van der Waals surface area contributed by atoms with Crippen LogP contribution in [0.15, 0.2) is 120 Å². The molecule has 4 heterocycles. The lowest BCUT2D eigenvalue weighted by atomic mass is 9.77. The molecule has 3 aliphatic heterocycles. The van der Waals surface area contributed by atoms with Crippen LogP contribution in [0, 0.1) is 5.92 Å². The molecule has 8 heteroatoms. The zero-order valence-electron chi connectivity index (χ0n) is 29.4. The highest BCUT2D eigenvalue weighted by molar-refractivity contribution is 6.12. The molecule has 5 aromatic rings. The van der Waals surface area contributed by atoms with Gasteiger partial charge in [-0.1, -0.05) is 72.8 Å². The van der Waals surface area contributed by atoms with Crippen molar-refractivity contribution in [2.75, 3.05) is 62.4 Å². The van der Waals surface area contributed by atoms with E-state index in [1.165, 1.54) is 16.9 Å². The van der Waals surface area contributed by atoms with Gasteiger partial charge in [0, 0.05) is 54.4 Å². The van der Waals surface area contributed by atoms with E-state index in [9.17, 15) is 0 Å². The third-order valence-electron chi connectivity index (χ3n) is 10.9. The first-order valence-electron chi connectivity index (χ1n) is 18.6. The van der Waals surface area contributed by atoms with Crippen molar-refractivity contribution >= 4 is 40.0 Å². The standard InChI is InChI=1S/C44H43N5O3/c50-44(39-30-41(32-7-2-1-3-8-32)45-40-12-5-4-10-37(39)40)49-43(33-15-19-36(20-16-33)48-23-27-52-28-24-48)38-11-6-9-34(42(38)46-49)29-31-13-17-35(18-14-31)47-21-25-51-26-22-47/h1-5,7-8,10,12-20,29-30,38,43H,6,9,11,21-28H2/b34-29+/t38-,43-/m1/s1. The van der Waals surface area contributed by atoms with Gasteiger partial charge in [-0.3, -0.25) is 4.79 Å². The first-order valence-corrected chi connectivity index (χ1v) is 18.6. The molecule has 262 valence electrons. The van der Waals surface area contributed by atoms with E-state index in [1.807, 2.05) is 60.7 Å². The number of aromatic nitrogens is 1. The number of rotatable bonds is 6. The molecule has 9 rings (SSSR count). The number of fused-ring (bicyclic) bond motifs is 2. The predicted octanol–water partition coefficient (Wildman–Crippen LogP) is 8.01. The molecule has 4 aromatic carbocycles. The minimum absolute atomic E-state index is 0.0903. The van der Waals surface area contributed by atoms with E-state index >= 15 is 4.79 Å². The molecule has 8 nitrogen and oxygen atoms in total. The van der Waals surface area contributed by atoms with Gasteiger partial charge in [0.25, 0.3) is 5.91 Å².